The summed E-state index contributed by atoms with van der Waals surface area (Å²) in [7, 11) is 0. The van der Waals surface area contributed by atoms with E-state index in [1.54, 1.807) is 22.7 Å². The highest BCUT2D eigenvalue weighted by atomic mass is 16.2. The van der Waals surface area contributed by atoms with Gasteiger partial charge in [0.2, 0.25) is 11.8 Å². The molecular weight excluding hydrogens is 304 g/mol. The number of aryl methyl sites for hydroxylation is 1. The van der Waals surface area contributed by atoms with E-state index in [0.717, 1.165) is 11.1 Å². The summed E-state index contributed by atoms with van der Waals surface area (Å²) in [5.74, 6) is 0.0703. The number of hydrogen-bond acceptors (Lipinski definition) is 3. The van der Waals surface area contributed by atoms with Gasteiger partial charge in [0.15, 0.2) is 0 Å². The van der Waals surface area contributed by atoms with Gasteiger partial charge in [0.25, 0.3) is 0 Å². The summed E-state index contributed by atoms with van der Waals surface area (Å²) < 4.78 is 1.66. The van der Waals surface area contributed by atoms with Crippen molar-refractivity contribution in [2.75, 3.05) is 19.6 Å². The van der Waals surface area contributed by atoms with E-state index in [4.69, 9.17) is 0 Å². The van der Waals surface area contributed by atoms with Crippen LogP contribution in [0.25, 0.3) is 0 Å². The number of amides is 2. The lowest BCUT2D eigenvalue weighted by Gasteiger charge is -2.41. The molecule has 1 aliphatic rings. The Morgan fingerprint density at radius 3 is 2.58 bits per heavy atom. The first-order valence-corrected chi connectivity index (χ1v) is 8.13. The molecule has 2 aromatic rings. The summed E-state index contributed by atoms with van der Waals surface area (Å²) in [6.07, 6.45) is 3.61. The summed E-state index contributed by atoms with van der Waals surface area (Å²) in [5.41, 5.74) is 2.08. The maximum atomic E-state index is 12.8. The third-order valence-electron chi connectivity index (χ3n) is 4.39. The zero-order chi connectivity index (χ0) is 17.1. The topological polar surface area (TPSA) is 58.4 Å². The van der Waals surface area contributed by atoms with E-state index >= 15 is 0 Å². The molecule has 0 N–H and O–H groups in total. The molecule has 6 heteroatoms. The molecule has 1 aliphatic heterocycles. The van der Waals surface area contributed by atoms with Crippen molar-refractivity contribution in [2.45, 2.75) is 26.4 Å². The van der Waals surface area contributed by atoms with Crippen LogP contribution in [0, 0.1) is 6.92 Å². The number of aromatic nitrogens is 2. The average molecular weight is 326 g/mol. The quantitative estimate of drug-likeness (QED) is 0.861. The predicted octanol–water partition coefficient (Wildman–Crippen LogP) is 1.62. The van der Waals surface area contributed by atoms with E-state index in [-0.39, 0.29) is 24.4 Å². The van der Waals surface area contributed by atoms with Gasteiger partial charge in [-0.05, 0) is 18.1 Å². The molecule has 2 heterocycles. The van der Waals surface area contributed by atoms with Gasteiger partial charge in [0.1, 0.15) is 6.54 Å². The Labute approximate surface area is 141 Å². The molecule has 1 atom stereocenters. The van der Waals surface area contributed by atoms with Crippen LogP contribution in [0.2, 0.25) is 0 Å². The zero-order valence-electron chi connectivity index (χ0n) is 14.1. The van der Waals surface area contributed by atoms with Crippen LogP contribution in [0.15, 0.2) is 42.7 Å². The van der Waals surface area contributed by atoms with Gasteiger partial charge < -0.3 is 9.80 Å². The monoisotopic (exact) mass is 326 g/mol. The third kappa shape index (κ3) is 3.48. The van der Waals surface area contributed by atoms with Gasteiger partial charge in [-0.2, -0.15) is 5.10 Å². The van der Waals surface area contributed by atoms with Crippen molar-refractivity contribution in [1.29, 1.82) is 0 Å². The fraction of sp³-hybridized carbons (Fsp3) is 0.389. The van der Waals surface area contributed by atoms with Crippen LogP contribution in [-0.4, -0.2) is 51.0 Å². The van der Waals surface area contributed by atoms with Crippen LogP contribution in [-0.2, 0) is 16.1 Å². The van der Waals surface area contributed by atoms with Crippen LogP contribution >= 0.6 is 0 Å². The highest BCUT2D eigenvalue weighted by Gasteiger charge is 2.32. The van der Waals surface area contributed by atoms with Crippen LogP contribution in [0.1, 0.15) is 24.1 Å². The van der Waals surface area contributed by atoms with E-state index in [2.05, 4.69) is 5.10 Å². The Hall–Kier alpha value is -2.63. The lowest BCUT2D eigenvalue weighted by atomic mass is 10.0. The summed E-state index contributed by atoms with van der Waals surface area (Å²) in [6, 6.07) is 9.77. The molecule has 0 unspecified atom stereocenters. The van der Waals surface area contributed by atoms with Crippen molar-refractivity contribution in [3.63, 3.8) is 0 Å². The SMILES string of the molecule is CC(=O)N1CCN(C(=O)Cn2cc(C)cn2)[C@@H](c2ccccc2)C1. The normalized spacial score (nSPS) is 17.8. The van der Waals surface area contributed by atoms with Gasteiger partial charge in [-0.3, -0.25) is 14.3 Å². The Balaban J connectivity index is 1.81. The van der Waals surface area contributed by atoms with Crippen LogP contribution in [0.4, 0.5) is 0 Å². The predicted molar refractivity (Wildman–Crippen MR) is 90.1 cm³/mol. The Morgan fingerprint density at radius 2 is 1.96 bits per heavy atom. The molecule has 3 rings (SSSR count). The smallest absolute Gasteiger partial charge is 0.244 e. The molecule has 1 aromatic heterocycles. The Kier molecular flexibility index (Phi) is 4.64. The van der Waals surface area contributed by atoms with E-state index in [9.17, 15) is 9.59 Å². The lowest BCUT2D eigenvalue weighted by molar-refractivity contribution is -0.142. The third-order valence-corrected chi connectivity index (χ3v) is 4.39. The highest BCUT2D eigenvalue weighted by molar-refractivity contribution is 5.78. The minimum Gasteiger partial charge on any atom is -0.339 e. The maximum absolute atomic E-state index is 12.8. The number of nitrogens with zero attached hydrogens (tertiary/aromatic N) is 4. The summed E-state index contributed by atoms with van der Waals surface area (Å²) >= 11 is 0. The first-order chi connectivity index (χ1) is 11.5. The number of hydrogen-bond donors (Lipinski definition) is 0. The minimum atomic E-state index is -0.118. The number of piperazine rings is 1. The van der Waals surface area contributed by atoms with Crippen molar-refractivity contribution in [1.82, 2.24) is 19.6 Å². The number of carbonyl (C=O) groups is 2. The lowest BCUT2D eigenvalue weighted by Crippen LogP contribution is -2.52. The number of rotatable bonds is 3. The molecule has 0 aliphatic carbocycles. The molecule has 0 bridgehead atoms. The second-order valence-corrected chi connectivity index (χ2v) is 6.19. The summed E-state index contributed by atoms with van der Waals surface area (Å²) in [4.78, 5) is 28.2. The van der Waals surface area contributed by atoms with E-state index in [0.29, 0.717) is 19.6 Å². The van der Waals surface area contributed by atoms with Gasteiger partial charge >= 0.3 is 0 Å². The Morgan fingerprint density at radius 1 is 1.21 bits per heavy atom. The number of benzene rings is 1. The molecule has 1 saturated heterocycles. The van der Waals surface area contributed by atoms with Crippen molar-refractivity contribution < 1.29 is 9.59 Å². The fourth-order valence-electron chi connectivity index (χ4n) is 3.11. The molecular formula is C18H22N4O2. The molecule has 0 spiro atoms. The second-order valence-electron chi connectivity index (χ2n) is 6.19. The van der Waals surface area contributed by atoms with Crippen molar-refractivity contribution in [2.24, 2.45) is 0 Å². The fourth-order valence-corrected chi connectivity index (χ4v) is 3.11. The van der Waals surface area contributed by atoms with Crippen LogP contribution < -0.4 is 0 Å². The molecule has 2 amide bonds. The van der Waals surface area contributed by atoms with Gasteiger partial charge in [-0.25, -0.2) is 0 Å². The van der Waals surface area contributed by atoms with E-state index < -0.39 is 0 Å². The van der Waals surface area contributed by atoms with Gasteiger partial charge in [-0.15, -0.1) is 0 Å². The zero-order valence-corrected chi connectivity index (χ0v) is 14.1. The first-order valence-electron chi connectivity index (χ1n) is 8.13. The molecule has 0 radical (unpaired) electrons. The standard InChI is InChI=1S/C18H22N4O2/c1-14-10-19-21(11-14)13-18(24)22-9-8-20(15(2)23)12-17(22)16-6-4-3-5-7-16/h3-7,10-11,17H,8-9,12-13H2,1-2H3/t17-/m1/s1. The molecule has 126 valence electrons. The minimum absolute atomic E-state index is 0.0233. The van der Waals surface area contributed by atoms with Gasteiger partial charge in [0.05, 0.1) is 12.2 Å². The maximum Gasteiger partial charge on any atom is 0.244 e. The Bertz CT molecular complexity index is 726. The van der Waals surface area contributed by atoms with Crippen molar-refractivity contribution >= 4 is 11.8 Å². The second kappa shape index (κ2) is 6.86. The molecule has 24 heavy (non-hydrogen) atoms. The molecule has 1 aromatic carbocycles. The molecule has 0 saturated carbocycles. The van der Waals surface area contributed by atoms with Crippen LogP contribution in [0.3, 0.4) is 0 Å². The summed E-state index contributed by atoms with van der Waals surface area (Å²) in [5, 5.41) is 4.20. The summed E-state index contributed by atoms with van der Waals surface area (Å²) in [6.45, 7) is 5.39. The first kappa shape index (κ1) is 16.2. The molecule has 1 fully saturated rings. The van der Waals surface area contributed by atoms with Crippen molar-refractivity contribution in [3.05, 3.63) is 53.9 Å². The largest absolute Gasteiger partial charge is 0.339 e. The van der Waals surface area contributed by atoms with E-state index in [1.807, 2.05) is 48.4 Å². The number of carbonyl (C=O) groups excluding carboxylic acids is 2. The van der Waals surface area contributed by atoms with Crippen LogP contribution in [0.5, 0.6) is 0 Å². The molecule has 6 nitrogen and oxygen atoms in total. The van der Waals surface area contributed by atoms with Gasteiger partial charge in [0, 0.05) is 32.8 Å². The average Bonchev–Trinajstić information content (AvgIpc) is 3.00. The highest BCUT2D eigenvalue weighted by Crippen LogP contribution is 2.25. The van der Waals surface area contributed by atoms with E-state index in [1.165, 1.54) is 0 Å². The van der Waals surface area contributed by atoms with Crippen molar-refractivity contribution in [3.8, 4) is 0 Å². The van der Waals surface area contributed by atoms with Gasteiger partial charge in [-0.1, -0.05) is 30.3 Å².